The van der Waals surface area contributed by atoms with Gasteiger partial charge in [-0.25, -0.2) is 0 Å². The molecule has 1 aliphatic carbocycles. The Kier molecular flexibility index (Phi) is 2.31. The van der Waals surface area contributed by atoms with Gasteiger partial charge in [-0.3, -0.25) is 9.91 Å². The highest BCUT2D eigenvalue weighted by Gasteiger charge is 2.32. The molecule has 0 amide bonds. The van der Waals surface area contributed by atoms with E-state index in [1.165, 1.54) is 44.9 Å². The van der Waals surface area contributed by atoms with E-state index in [9.17, 15) is 0 Å². The summed E-state index contributed by atoms with van der Waals surface area (Å²) in [6.45, 7) is 5.95. The second kappa shape index (κ2) is 3.67. The first-order chi connectivity index (χ1) is 7.33. The Balaban J connectivity index is 1.54. The van der Waals surface area contributed by atoms with Crippen LogP contribution in [0.25, 0.3) is 0 Å². The second-order valence-electron chi connectivity index (χ2n) is 4.90. The molecule has 3 aliphatic rings. The highest BCUT2D eigenvalue weighted by Crippen LogP contribution is 2.27. The second-order valence-corrected chi connectivity index (χ2v) is 4.90. The largest absolute Gasteiger partial charge is 0.356 e. The maximum Gasteiger partial charge on any atom is 0.126 e. The minimum absolute atomic E-state index is 0.931. The van der Waals surface area contributed by atoms with E-state index in [1.807, 2.05) is 0 Å². The molecule has 15 heavy (non-hydrogen) atoms. The van der Waals surface area contributed by atoms with Crippen LogP contribution >= 0.6 is 0 Å². The van der Waals surface area contributed by atoms with Crippen LogP contribution in [0.5, 0.6) is 0 Å². The quantitative estimate of drug-likeness (QED) is 0.623. The zero-order valence-electron chi connectivity index (χ0n) is 9.52. The van der Waals surface area contributed by atoms with Crippen molar-refractivity contribution < 1.29 is 0 Å². The minimum atomic E-state index is 0.931. The van der Waals surface area contributed by atoms with Crippen molar-refractivity contribution in [1.29, 1.82) is 0 Å². The first-order valence-electron chi connectivity index (χ1n) is 6.10. The molecule has 4 nitrogen and oxygen atoms in total. The van der Waals surface area contributed by atoms with E-state index in [0.29, 0.717) is 0 Å². The van der Waals surface area contributed by atoms with Crippen LogP contribution in [-0.4, -0.2) is 66.5 Å². The SMILES string of the molecule is CN1CCC(N2CCN(C3CC3)CC2)=N1. The highest BCUT2D eigenvalue weighted by atomic mass is 15.5. The van der Waals surface area contributed by atoms with Gasteiger partial charge >= 0.3 is 0 Å². The summed E-state index contributed by atoms with van der Waals surface area (Å²) in [5.74, 6) is 1.31. The third kappa shape index (κ3) is 1.95. The molecule has 84 valence electrons. The molecule has 2 aliphatic heterocycles. The lowest BCUT2D eigenvalue weighted by Gasteiger charge is -2.35. The van der Waals surface area contributed by atoms with Crippen molar-refractivity contribution in [3.8, 4) is 0 Å². The molecule has 0 unspecified atom stereocenters. The summed E-state index contributed by atoms with van der Waals surface area (Å²) >= 11 is 0. The number of piperazine rings is 1. The Labute approximate surface area is 91.5 Å². The fourth-order valence-electron chi connectivity index (χ4n) is 2.57. The normalized spacial score (nSPS) is 28.5. The molecular formula is C11H20N4. The molecular weight excluding hydrogens is 188 g/mol. The maximum absolute atomic E-state index is 4.56. The van der Waals surface area contributed by atoms with E-state index in [-0.39, 0.29) is 0 Å². The molecule has 1 saturated carbocycles. The average Bonchev–Trinajstić information content (AvgIpc) is 3.02. The van der Waals surface area contributed by atoms with Crippen molar-refractivity contribution in [1.82, 2.24) is 14.8 Å². The Hall–Kier alpha value is -0.770. The van der Waals surface area contributed by atoms with Gasteiger partial charge in [0.1, 0.15) is 5.84 Å². The van der Waals surface area contributed by atoms with Crippen molar-refractivity contribution in [3.63, 3.8) is 0 Å². The minimum Gasteiger partial charge on any atom is -0.356 e. The Morgan fingerprint density at radius 3 is 2.33 bits per heavy atom. The maximum atomic E-state index is 4.56. The fraction of sp³-hybridized carbons (Fsp3) is 0.909. The van der Waals surface area contributed by atoms with Crippen LogP contribution in [-0.2, 0) is 0 Å². The smallest absolute Gasteiger partial charge is 0.126 e. The lowest BCUT2D eigenvalue weighted by Crippen LogP contribution is -2.49. The molecule has 4 heteroatoms. The first-order valence-corrected chi connectivity index (χ1v) is 6.10. The summed E-state index contributed by atoms with van der Waals surface area (Å²) in [6, 6.07) is 0.931. The summed E-state index contributed by atoms with van der Waals surface area (Å²) in [5, 5.41) is 6.61. The Bertz CT molecular complexity index is 264. The predicted molar refractivity (Wildman–Crippen MR) is 60.9 cm³/mol. The van der Waals surface area contributed by atoms with Gasteiger partial charge in [-0.2, -0.15) is 5.10 Å². The molecule has 0 atom stereocenters. The average molecular weight is 208 g/mol. The molecule has 0 N–H and O–H groups in total. The molecule has 0 aromatic heterocycles. The van der Waals surface area contributed by atoms with E-state index in [4.69, 9.17) is 0 Å². The third-order valence-electron chi connectivity index (χ3n) is 3.69. The molecule has 0 radical (unpaired) electrons. The lowest BCUT2D eigenvalue weighted by atomic mass is 10.2. The van der Waals surface area contributed by atoms with Gasteiger partial charge < -0.3 is 4.90 Å². The number of hydrogen-bond donors (Lipinski definition) is 0. The van der Waals surface area contributed by atoms with Crippen molar-refractivity contribution >= 4 is 5.84 Å². The van der Waals surface area contributed by atoms with Gasteiger partial charge in [-0.1, -0.05) is 0 Å². The van der Waals surface area contributed by atoms with E-state index < -0.39 is 0 Å². The highest BCUT2D eigenvalue weighted by molar-refractivity contribution is 5.83. The van der Waals surface area contributed by atoms with Crippen molar-refractivity contribution in [2.24, 2.45) is 5.10 Å². The van der Waals surface area contributed by atoms with Crippen LogP contribution in [0, 0.1) is 0 Å². The van der Waals surface area contributed by atoms with Crippen molar-refractivity contribution in [2.75, 3.05) is 39.8 Å². The molecule has 3 rings (SSSR count). The van der Waals surface area contributed by atoms with Gasteiger partial charge in [-0.05, 0) is 12.8 Å². The van der Waals surface area contributed by atoms with Gasteiger partial charge in [0.25, 0.3) is 0 Å². The van der Waals surface area contributed by atoms with E-state index in [0.717, 1.165) is 19.0 Å². The number of rotatable bonds is 1. The molecule has 0 aromatic carbocycles. The predicted octanol–water partition coefficient (Wildman–Crippen LogP) is 0.415. The first kappa shape index (κ1) is 9.46. The molecule has 0 spiro atoms. The summed E-state index contributed by atoms with van der Waals surface area (Å²) < 4.78 is 0. The molecule has 2 heterocycles. The van der Waals surface area contributed by atoms with Gasteiger partial charge in [0, 0.05) is 52.2 Å². The summed E-state index contributed by atoms with van der Waals surface area (Å²) in [5.41, 5.74) is 0. The monoisotopic (exact) mass is 208 g/mol. The number of nitrogens with zero attached hydrogens (tertiary/aromatic N) is 4. The summed E-state index contributed by atoms with van der Waals surface area (Å²) in [4.78, 5) is 5.12. The van der Waals surface area contributed by atoms with Crippen molar-refractivity contribution in [2.45, 2.75) is 25.3 Å². The number of hydrogen-bond acceptors (Lipinski definition) is 4. The topological polar surface area (TPSA) is 22.1 Å². The molecule has 0 aromatic rings. The lowest BCUT2D eigenvalue weighted by molar-refractivity contribution is 0.173. The van der Waals surface area contributed by atoms with Crippen LogP contribution in [0.1, 0.15) is 19.3 Å². The molecule has 1 saturated heterocycles. The summed E-state index contributed by atoms with van der Waals surface area (Å²) in [7, 11) is 2.06. The van der Waals surface area contributed by atoms with Gasteiger partial charge in [0.05, 0.1) is 0 Å². The van der Waals surface area contributed by atoms with Crippen LogP contribution in [0.15, 0.2) is 5.10 Å². The zero-order chi connectivity index (χ0) is 10.3. The van der Waals surface area contributed by atoms with Gasteiger partial charge in [0.15, 0.2) is 0 Å². The van der Waals surface area contributed by atoms with Crippen LogP contribution in [0.4, 0.5) is 0 Å². The van der Waals surface area contributed by atoms with Gasteiger partial charge in [-0.15, -0.1) is 0 Å². The zero-order valence-corrected chi connectivity index (χ0v) is 9.52. The standard InChI is InChI=1S/C11H20N4/c1-13-5-4-11(12-13)15-8-6-14(7-9-15)10-2-3-10/h10H,2-9H2,1H3. The summed E-state index contributed by atoms with van der Waals surface area (Å²) in [6.07, 6.45) is 4.01. The molecule has 2 fully saturated rings. The third-order valence-corrected chi connectivity index (χ3v) is 3.69. The molecule has 0 bridgehead atoms. The van der Waals surface area contributed by atoms with E-state index in [1.54, 1.807) is 0 Å². The van der Waals surface area contributed by atoms with Crippen LogP contribution in [0.3, 0.4) is 0 Å². The van der Waals surface area contributed by atoms with E-state index in [2.05, 4.69) is 27.0 Å². The number of hydrazone groups is 1. The fourth-order valence-corrected chi connectivity index (χ4v) is 2.57. The number of amidine groups is 1. The Morgan fingerprint density at radius 2 is 1.80 bits per heavy atom. The van der Waals surface area contributed by atoms with E-state index >= 15 is 0 Å². The Morgan fingerprint density at radius 1 is 1.07 bits per heavy atom. The van der Waals surface area contributed by atoms with Gasteiger partial charge in [0.2, 0.25) is 0 Å². The van der Waals surface area contributed by atoms with Crippen LogP contribution < -0.4 is 0 Å². The van der Waals surface area contributed by atoms with Crippen LogP contribution in [0.2, 0.25) is 0 Å². The van der Waals surface area contributed by atoms with Crippen molar-refractivity contribution in [3.05, 3.63) is 0 Å².